The molecule has 3 aromatic carbocycles. The summed E-state index contributed by atoms with van der Waals surface area (Å²) in [5, 5.41) is 0. The lowest BCUT2D eigenvalue weighted by molar-refractivity contribution is -0.144. The van der Waals surface area contributed by atoms with Gasteiger partial charge in [0.05, 0.1) is 12.2 Å². The van der Waals surface area contributed by atoms with Gasteiger partial charge in [-0.1, -0.05) is 62.2 Å². The Morgan fingerprint density at radius 1 is 0.826 bits per heavy atom. The molecule has 3 aromatic rings. The Labute approximate surface area is 270 Å². The van der Waals surface area contributed by atoms with Gasteiger partial charge in [-0.3, -0.25) is 0 Å². The zero-order chi connectivity index (χ0) is 33.1. The van der Waals surface area contributed by atoms with Crippen LogP contribution in [0.4, 0.5) is 0 Å². The highest BCUT2D eigenvalue weighted by atomic mass is 16.6. The van der Waals surface area contributed by atoms with Gasteiger partial charge in [-0.15, -0.1) is 0 Å². The summed E-state index contributed by atoms with van der Waals surface area (Å²) in [6.07, 6.45) is 4.66. The third kappa shape index (κ3) is 9.28. The summed E-state index contributed by atoms with van der Waals surface area (Å²) in [5.74, 6) is 0.0856. The van der Waals surface area contributed by atoms with Crippen molar-refractivity contribution in [2.24, 2.45) is 0 Å². The highest BCUT2D eigenvalue weighted by Gasteiger charge is 2.24. The summed E-state index contributed by atoms with van der Waals surface area (Å²) in [6.45, 7) is 12.7. The first-order chi connectivity index (χ1) is 22.2. The summed E-state index contributed by atoms with van der Waals surface area (Å²) in [6, 6.07) is 21.6. The monoisotopic (exact) mass is 624 g/mol. The average molecular weight is 625 g/mol. The Bertz CT molecular complexity index is 1560. The molecule has 1 saturated carbocycles. The average Bonchev–Trinajstić information content (AvgIpc) is 3.07. The van der Waals surface area contributed by atoms with Crippen LogP contribution in [-0.2, 0) is 28.6 Å². The summed E-state index contributed by atoms with van der Waals surface area (Å²) in [5.41, 5.74) is 5.51. The van der Waals surface area contributed by atoms with Crippen LogP contribution in [0, 0.1) is 0 Å². The molecule has 0 heterocycles. The number of carbonyl (C=O) groups excluding carboxylic acids is 3. The Morgan fingerprint density at radius 3 is 2.11 bits per heavy atom. The van der Waals surface area contributed by atoms with Crippen molar-refractivity contribution in [3.8, 4) is 33.8 Å². The molecule has 4 rings (SSSR count). The van der Waals surface area contributed by atoms with Crippen LogP contribution in [0.5, 0.6) is 11.5 Å². The summed E-state index contributed by atoms with van der Waals surface area (Å²) in [4.78, 5) is 35.6. The second-order valence-corrected chi connectivity index (χ2v) is 11.2. The van der Waals surface area contributed by atoms with Crippen molar-refractivity contribution in [3.05, 3.63) is 109 Å². The van der Waals surface area contributed by atoms with Crippen LogP contribution in [0.3, 0.4) is 0 Å². The number of methoxy groups -OCH3 is 1. The molecule has 240 valence electrons. The van der Waals surface area contributed by atoms with E-state index in [1.807, 2.05) is 30.3 Å². The van der Waals surface area contributed by atoms with Gasteiger partial charge in [0.25, 0.3) is 0 Å². The zero-order valence-electron chi connectivity index (χ0n) is 26.4. The van der Waals surface area contributed by atoms with Gasteiger partial charge in [0, 0.05) is 24.3 Å². The van der Waals surface area contributed by atoms with Crippen LogP contribution in [0.25, 0.3) is 22.3 Å². The first kappa shape index (κ1) is 33.9. The number of rotatable bonds is 14. The second kappa shape index (κ2) is 16.4. The minimum absolute atomic E-state index is 0.0524. The van der Waals surface area contributed by atoms with Crippen molar-refractivity contribution >= 4 is 17.9 Å². The van der Waals surface area contributed by atoms with Crippen LogP contribution in [0.15, 0.2) is 104 Å². The number of esters is 3. The Morgan fingerprint density at radius 2 is 1.48 bits per heavy atom. The van der Waals surface area contributed by atoms with E-state index in [0.717, 1.165) is 47.9 Å². The highest BCUT2D eigenvalue weighted by molar-refractivity contribution is 5.89. The van der Waals surface area contributed by atoms with Gasteiger partial charge < -0.3 is 23.7 Å². The molecule has 8 nitrogen and oxygen atoms in total. The van der Waals surface area contributed by atoms with Gasteiger partial charge in [0.15, 0.2) is 0 Å². The molecule has 0 atom stereocenters. The highest BCUT2D eigenvalue weighted by Crippen LogP contribution is 2.38. The van der Waals surface area contributed by atoms with Crippen LogP contribution in [0.2, 0.25) is 0 Å². The molecule has 0 amide bonds. The van der Waals surface area contributed by atoms with Gasteiger partial charge in [-0.05, 0) is 85.0 Å². The van der Waals surface area contributed by atoms with E-state index in [-0.39, 0.29) is 37.5 Å². The van der Waals surface area contributed by atoms with Crippen LogP contribution in [0.1, 0.15) is 44.1 Å². The Hall–Kier alpha value is -4.95. The zero-order valence-corrected chi connectivity index (χ0v) is 26.4. The molecule has 0 saturated heterocycles. The number of hydrogen-bond acceptors (Lipinski definition) is 8. The standard InChI is InChI=1S/C38H40O8/c1-6-36(39)45-32-16-11-28(12-17-32)27-7-9-30(10-8-27)34-23-31(29-13-18-33(19-14-29)46-37(40)25(2)3)15-20-35(34)43-21-22-44-38(41)26(4)24-42-5/h6-10,13-15,18-20,23,28,32H,1-2,4,11-12,16-17,21-22,24H2,3,5H3. The summed E-state index contributed by atoms with van der Waals surface area (Å²) in [7, 11) is 1.49. The minimum atomic E-state index is -0.526. The Kier molecular flexibility index (Phi) is 12.1. The first-order valence-electron chi connectivity index (χ1n) is 15.2. The van der Waals surface area contributed by atoms with Crippen molar-refractivity contribution < 1.29 is 38.1 Å². The molecular formula is C38H40O8. The van der Waals surface area contributed by atoms with E-state index < -0.39 is 11.9 Å². The molecule has 1 aliphatic rings. The molecule has 1 fully saturated rings. The number of hydrogen-bond donors (Lipinski definition) is 0. The van der Waals surface area contributed by atoms with E-state index in [1.165, 1.54) is 18.7 Å². The fraction of sp³-hybridized carbons (Fsp3) is 0.289. The van der Waals surface area contributed by atoms with Crippen molar-refractivity contribution in [2.45, 2.75) is 44.6 Å². The van der Waals surface area contributed by atoms with Crippen molar-refractivity contribution in [2.75, 3.05) is 26.9 Å². The number of ether oxygens (including phenoxy) is 5. The molecule has 8 heteroatoms. The van der Waals surface area contributed by atoms with Gasteiger partial charge in [0.2, 0.25) is 0 Å². The van der Waals surface area contributed by atoms with E-state index in [1.54, 1.807) is 19.1 Å². The van der Waals surface area contributed by atoms with Crippen molar-refractivity contribution in [1.29, 1.82) is 0 Å². The lowest BCUT2D eigenvalue weighted by Crippen LogP contribution is -2.23. The molecule has 0 spiro atoms. The topological polar surface area (TPSA) is 97.4 Å². The minimum Gasteiger partial charge on any atom is -0.489 e. The summed E-state index contributed by atoms with van der Waals surface area (Å²) < 4.78 is 27.1. The van der Waals surface area contributed by atoms with E-state index in [4.69, 9.17) is 23.7 Å². The predicted molar refractivity (Wildman–Crippen MR) is 177 cm³/mol. The maximum atomic E-state index is 12.1. The van der Waals surface area contributed by atoms with E-state index >= 15 is 0 Å². The lowest BCUT2D eigenvalue weighted by Gasteiger charge is -2.28. The van der Waals surface area contributed by atoms with E-state index in [9.17, 15) is 14.4 Å². The van der Waals surface area contributed by atoms with Gasteiger partial charge in [-0.2, -0.15) is 0 Å². The van der Waals surface area contributed by atoms with Crippen LogP contribution >= 0.6 is 0 Å². The first-order valence-corrected chi connectivity index (χ1v) is 15.2. The lowest BCUT2D eigenvalue weighted by atomic mass is 9.82. The molecule has 0 N–H and O–H groups in total. The molecule has 46 heavy (non-hydrogen) atoms. The molecule has 0 aliphatic heterocycles. The van der Waals surface area contributed by atoms with E-state index in [2.05, 4.69) is 44.0 Å². The quantitative estimate of drug-likeness (QED) is 0.0793. The van der Waals surface area contributed by atoms with Gasteiger partial charge in [0.1, 0.15) is 30.8 Å². The largest absolute Gasteiger partial charge is 0.489 e. The van der Waals surface area contributed by atoms with Gasteiger partial charge >= 0.3 is 17.9 Å². The predicted octanol–water partition coefficient (Wildman–Crippen LogP) is 7.38. The smallest absolute Gasteiger partial charge is 0.338 e. The third-order valence-electron chi connectivity index (χ3n) is 7.72. The number of benzene rings is 3. The van der Waals surface area contributed by atoms with Crippen molar-refractivity contribution in [1.82, 2.24) is 0 Å². The van der Waals surface area contributed by atoms with E-state index in [0.29, 0.717) is 23.0 Å². The fourth-order valence-electron chi connectivity index (χ4n) is 5.25. The van der Waals surface area contributed by atoms with Crippen LogP contribution < -0.4 is 9.47 Å². The molecule has 0 aromatic heterocycles. The number of carbonyl (C=O) groups is 3. The Balaban J connectivity index is 1.52. The maximum Gasteiger partial charge on any atom is 0.338 e. The third-order valence-corrected chi connectivity index (χ3v) is 7.72. The SMILES string of the molecule is C=CC(=O)OC1CCC(c2ccc(-c3cc(-c4ccc(OC(=O)C(=C)C)cc4)ccc3OCCOC(=O)C(=C)COC)cc2)CC1. The van der Waals surface area contributed by atoms with Crippen LogP contribution in [-0.4, -0.2) is 50.9 Å². The molecule has 0 bridgehead atoms. The second-order valence-electron chi connectivity index (χ2n) is 11.2. The summed E-state index contributed by atoms with van der Waals surface area (Å²) >= 11 is 0. The maximum absolute atomic E-state index is 12.1. The molecule has 1 aliphatic carbocycles. The molecule has 0 radical (unpaired) electrons. The fourth-order valence-corrected chi connectivity index (χ4v) is 5.25. The molecular weight excluding hydrogens is 584 g/mol. The van der Waals surface area contributed by atoms with Crippen molar-refractivity contribution in [3.63, 3.8) is 0 Å². The normalized spacial score (nSPS) is 15.7. The molecule has 0 unspecified atom stereocenters. The van der Waals surface area contributed by atoms with Gasteiger partial charge in [-0.25, -0.2) is 14.4 Å².